The molecule has 1 rings (SSSR count). The molecule has 1 heterocycles. The summed E-state index contributed by atoms with van der Waals surface area (Å²) in [5, 5.41) is 18.3. The lowest BCUT2D eigenvalue weighted by atomic mass is 9.76. The Morgan fingerprint density at radius 2 is 1.61 bits per heavy atom. The third kappa shape index (κ3) is 11.8. The van der Waals surface area contributed by atoms with Crippen LogP contribution in [0.3, 0.4) is 0 Å². The van der Waals surface area contributed by atoms with E-state index in [1.165, 1.54) is 0 Å². The molecule has 1 aromatic rings. The Morgan fingerprint density at radius 1 is 0.964 bits per heavy atom. The fraction of sp³-hybridized carbons (Fsp3) is 0.909. The summed E-state index contributed by atoms with van der Waals surface area (Å²) in [4.78, 5) is 0. The SMILES string of the molecule is CC(C)(C)CC(C)(C)Cn1cc(COCCC(C)(C)OCCC(C)(C)O)nn1. The molecular formula is C22H43N3O3. The predicted octanol–water partition coefficient (Wildman–Crippen LogP) is 4.60. The van der Waals surface area contributed by atoms with Crippen molar-refractivity contribution in [3.63, 3.8) is 0 Å². The molecular weight excluding hydrogens is 354 g/mol. The summed E-state index contributed by atoms with van der Waals surface area (Å²) < 4.78 is 13.6. The van der Waals surface area contributed by atoms with Crippen LogP contribution in [0.2, 0.25) is 0 Å². The number of aromatic nitrogens is 3. The first-order valence-corrected chi connectivity index (χ1v) is 10.4. The molecule has 0 fully saturated rings. The Labute approximate surface area is 172 Å². The van der Waals surface area contributed by atoms with Crippen LogP contribution in [0.5, 0.6) is 0 Å². The van der Waals surface area contributed by atoms with Gasteiger partial charge in [0.15, 0.2) is 0 Å². The molecule has 0 unspecified atom stereocenters. The van der Waals surface area contributed by atoms with E-state index in [1.54, 1.807) is 13.8 Å². The summed E-state index contributed by atoms with van der Waals surface area (Å²) in [5.41, 5.74) is 0.332. The molecule has 0 amide bonds. The molecule has 6 heteroatoms. The van der Waals surface area contributed by atoms with Crippen LogP contribution in [-0.4, -0.2) is 44.5 Å². The van der Waals surface area contributed by atoms with Crippen LogP contribution in [-0.2, 0) is 22.6 Å². The van der Waals surface area contributed by atoms with Crippen molar-refractivity contribution in [2.75, 3.05) is 13.2 Å². The van der Waals surface area contributed by atoms with Crippen molar-refractivity contribution in [1.29, 1.82) is 0 Å². The van der Waals surface area contributed by atoms with Crippen molar-refractivity contribution in [1.82, 2.24) is 15.0 Å². The molecule has 0 atom stereocenters. The number of rotatable bonds is 12. The molecule has 28 heavy (non-hydrogen) atoms. The Morgan fingerprint density at radius 3 is 2.18 bits per heavy atom. The van der Waals surface area contributed by atoms with E-state index >= 15 is 0 Å². The molecule has 0 radical (unpaired) electrons. The molecule has 0 bridgehead atoms. The van der Waals surface area contributed by atoms with Crippen molar-refractivity contribution in [2.24, 2.45) is 10.8 Å². The van der Waals surface area contributed by atoms with E-state index < -0.39 is 5.60 Å². The molecule has 0 aliphatic rings. The lowest BCUT2D eigenvalue weighted by Crippen LogP contribution is -2.30. The first-order chi connectivity index (χ1) is 12.6. The number of hydrogen-bond acceptors (Lipinski definition) is 5. The van der Waals surface area contributed by atoms with Gasteiger partial charge in [-0.1, -0.05) is 39.8 Å². The van der Waals surface area contributed by atoms with Gasteiger partial charge in [-0.25, -0.2) is 0 Å². The maximum absolute atomic E-state index is 9.76. The molecule has 0 aliphatic heterocycles. The van der Waals surface area contributed by atoms with Gasteiger partial charge in [-0.3, -0.25) is 4.68 Å². The van der Waals surface area contributed by atoms with Crippen LogP contribution >= 0.6 is 0 Å². The molecule has 0 aromatic carbocycles. The van der Waals surface area contributed by atoms with Crippen LogP contribution < -0.4 is 0 Å². The van der Waals surface area contributed by atoms with Crippen LogP contribution in [0.25, 0.3) is 0 Å². The summed E-state index contributed by atoms with van der Waals surface area (Å²) >= 11 is 0. The second-order valence-electron chi connectivity index (χ2n) is 11.3. The van der Waals surface area contributed by atoms with Crippen LogP contribution in [0.4, 0.5) is 0 Å². The smallest absolute Gasteiger partial charge is 0.108 e. The Hall–Kier alpha value is -0.980. The third-order valence-corrected chi connectivity index (χ3v) is 4.49. The fourth-order valence-electron chi connectivity index (χ4n) is 3.56. The molecule has 0 aliphatic carbocycles. The minimum atomic E-state index is -0.695. The summed E-state index contributed by atoms with van der Waals surface area (Å²) in [6.45, 7) is 21.5. The van der Waals surface area contributed by atoms with Crippen LogP contribution in [0.15, 0.2) is 6.20 Å². The largest absolute Gasteiger partial charge is 0.390 e. The van der Waals surface area contributed by atoms with E-state index in [4.69, 9.17) is 9.47 Å². The van der Waals surface area contributed by atoms with Crippen molar-refractivity contribution in [2.45, 2.75) is 106 Å². The topological polar surface area (TPSA) is 69.4 Å². The summed E-state index contributed by atoms with van der Waals surface area (Å²) in [7, 11) is 0. The minimum absolute atomic E-state index is 0.161. The van der Waals surface area contributed by atoms with Gasteiger partial charge in [0.25, 0.3) is 0 Å². The summed E-state index contributed by atoms with van der Waals surface area (Å²) in [6, 6.07) is 0. The number of aliphatic hydroxyl groups is 1. The van der Waals surface area contributed by atoms with Crippen molar-refractivity contribution >= 4 is 0 Å². The average Bonchev–Trinajstić information content (AvgIpc) is 2.85. The van der Waals surface area contributed by atoms with Gasteiger partial charge in [0.05, 0.1) is 30.6 Å². The maximum Gasteiger partial charge on any atom is 0.108 e. The highest BCUT2D eigenvalue weighted by atomic mass is 16.5. The van der Waals surface area contributed by atoms with Crippen molar-refractivity contribution in [3.8, 4) is 0 Å². The van der Waals surface area contributed by atoms with E-state index in [0.717, 1.165) is 25.1 Å². The van der Waals surface area contributed by atoms with Gasteiger partial charge in [-0.05, 0) is 57.8 Å². The van der Waals surface area contributed by atoms with E-state index in [9.17, 15) is 5.11 Å². The minimum Gasteiger partial charge on any atom is -0.390 e. The lowest BCUT2D eigenvalue weighted by molar-refractivity contribution is -0.0624. The van der Waals surface area contributed by atoms with E-state index in [-0.39, 0.29) is 16.4 Å². The van der Waals surface area contributed by atoms with Gasteiger partial charge in [0.2, 0.25) is 0 Å². The van der Waals surface area contributed by atoms with E-state index in [1.807, 2.05) is 24.7 Å². The molecule has 164 valence electrons. The second-order valence-corrected chi connectivity index (χ2v) is 11.3. The zero-order chi connectivity index (χ0) is 21.6. The average molecular weight is 398 g/mol. The highest BCUT2D eigenvalue weighted by molar-refractivity contribution is 4.91. The maximum atomic E-state index is 9.76. The molecule has 1 N–H and O–H groups in total. The van der Waals surface area contributed by atoms with Gasteiger partial charge in [0, 0.05) is 13.2 Å². The normalized spacial score (nSPS) is 13.9. The van der Waals surface area contributed by atoms with Crippen molar-refractivity contribution < 1.29 is 14.6 Å². The highest BCUT2D eigenvalue weighted by Crippen LogP contribution is 2.34. The molecule has 0 saturated carbocycles. The highest BCUT2D eigenvalue weighted by Gasteiger charge is 2.26. The summed E-state index contributed by atoms with van der Waals surface area (Å²) in [5.74, 6) is 0. The lowest BCUT2D eigenvalue weighted by Gasteiger charge is -2.32. The van der Waals surface area contributed by atoms with Crippen molar-refractivity contribution in [3.05, 3.63) is 11.9 Å². The van der Waals surface area contributed by atoms with Gasteiger partial charge in [0.1, 0.15) is 5.69 Å². The van der Waals surface area contributed by atoms with Gasteiger partial charge < -0.3 is 14.6 Å². The van der Waals surface area contributed by atoms with Crippen LogP contribution in [0, 0.1) is 10.8 Å². The Balaban J connectivity index is 2.35. The predicted molar refractivity (Wildman–Crippen MR) is 113 cm³/mol. The van der Waals surface area contributed by atoms with Gasteiger partial charge in [-0.15, -0.1) is 5.10 Å². The quantitative estimate of drug-likeness (QED) is 0.522. The third-order valence-electron chi connectivity index (χ3n) is 4.49. The first-order valence-electron chi connectivity index (χ1n) is 10.4. The van der Waals surface area contributed by atoms with Gasteiger partial charge >= 0.3 is 0 Å². The summed E-state index contributed by atoms with van der Waals surface area (Å²) in [6.07, 6.45) is 4.50. The molecule has 1 aromatic heterocycles. The first kappa shape index (κ1) is 25.1. The monoisotopic (exact) mass is 397 g/mol. The zero-order valence-electron chi connectivity index (χ0n) is 19.6. The second kappa shape index (κ2) is 9.68. The Kier molecular flexibility index (Phi) is 8.66. The Bertz CT molecular complexity index is 581. The number of nitrogens with zero attached hydrogens (tertiary/aromatic N) is 3. The van der Waals surface area contributed by atoms with Crippen LogP contribution in [0.1, 0.15) is 87.3 Å². The number of ether oxygens (including phenoxy) is 2. The molecule has 0 spiro atoms. The van der Waals surface area contributed by atoms with E-state index in [2.05, 4.69) is 44.9 Å². The standard InChI is InChI=1S/C22H43N3O3/c1-19(2,3)16-20(4,5)17-25-14-18(23-24-25)15-27-12-11-22(8,9)28-13-10-21(6,7)26/h14,26H,10-13,15-17H2,1-9H3. The fourth-order valence-corrected chi connectivity index (χ4v) is 3.56. The van der Waals surface area contributed by atoms with E-state index in [0.29, 0.717) is 26.2 Å². The zero-order valence-corrected chi connectivity index (χ0v) is 19.6. The molecule has 6 nitrogen and oxygen atoms in total. The molecule has 0 saturated heterocycles. The number of hydrogen-bond donors (Lipinski definition) is 1. The van der Waals surface area contributed by atoms with Gasteiger partial charge in [-0.2, -0.15) is 0 Å².